The summed E-state index contributed by atoms with van der Waals surface area (Å²) in [6.45, 7) is 2.13. The molecule has 0 aliphatic heterocycles. The molecule has 1 fully saturated rings. The van der Waals surface area contributed by atoms with E-state index in [1.807, 2.05) is 0 Å². The minimum absolute atomic E-state index is 0.387. The van der Waals surface area contributed by atoms with E-state index in [1.54, 1.807) is 0 Å². The van der Waals surface area contributed by atoms with Crippen LogP contribution in [0.4, 0.5) is 0 Å². The minimum Gasteiger partial charge on any atom is -0.328 e. The summed E-state index contributed by atoms with van der Waals surface area (Å²) in [7, 11) is 0. The third kappa shape index (κ3) is 1.02. The first-order valence-corrected chi connectivity index (χ1v) is 4.65. The van der Waals surface area contributed by atoms with Crippen LogP contribution in [0.5, 0.6) is 0 Å². The Bertz CT molecular complexity index is 183. The zero-order chi connectivity index (χ0) is 7.90. The van der Waals surface area contributed by atoms with Crippen molar-refractivity contribution in [1.82, 2.24) is 0 Å². The first-order chi connectivity index (χ1) is 5.23. The molecule has 3 unspecified atom stereocenters. The van der Waals surface area contributed by atoms with Crippen LogP contribution in [0, 0.1) is 11.3 Å². The fourth-order valence-corrected chi connectivity index (χ4v) is 2.72. The molecule has 0 radical (unpaired) electrons. The molecular weight excluding hydrogens is 134 g/mol. The van der Waals surface area contributed by atoms with Gasteiger partial charge in [-0.3, -0.25) is 0 Å². The summed E-state index contributed by atoms with van der Waals surface area (Å²) in [5.74, 6) is 0.883. The van der Waals surface area contributed by atoms with Crippen molar-refractivity contribution in [2.75, 3.05) is 0 Å². The number of rotatable bonds is 2. The molecule has 1 saturated carbocycles. The van der Waals surface area contributed by atoms with Crippen molar-refractivity contribution in [2.24, 2.45) is 17.1 Å². The van der Waals surface area contributed by atoms with Crippen LogP contribution in [-0.2, 0) is 0 Å². The van der Waals surface area contributed by atoms with Crippen molar-refractivity contribution in [3.05, 3.63) is 12.2 Å². The number of hydrogen-bond acceptors (Lipinski definition) is 1. The zero-order valence-corrected chi connectivity index (χ0v) is 7.22. The maximum Gasteiger partial charge on any atom is 0.00160 e. The van der Waals surface area contributed by atoms with Crippen LogP contribution in [0.3, 0.4) is 0 Å². The van der Waals surface area contributed by atoms with Gasteiger partial charge in [-0.1, -0.05) is 12.2 Å². The molecule has 0 amide bonds. The van der Waals surface area contributed by atoms with Gasteiger partial charge in [-0.15, -0.1) is 0 Å². The summed E-state index contributed by atoms with van der Waals surface area (Å²) in [6, 6.07) is 0.387. The molecule has 0 spiro atoms. The third-order valence-electron chi connectivity index (χ3n) is 3.36. The number of hydrogen-bond donors (Lipinski definition) is 1. The van der Waals surface area contributed by atoms with Gasteiger partial charge >= 0.3 is 0 Å². The lowest BCUT2D eigenvalue weighted by atomic mass is 9.59. The van der Waals surface area contributed by atoms with E-state index in [0.29, 0.717) is 11.5 Å². The molecular formula is C10H17N. The number of nitrogens with two attached hydrogens (primary N) is 1. The Morgan fingerprint density at radius 3 is 3.00 bits per heavy atom. The quantitative estimate of drug-likeness (QED) is 0.601. The lowest BCUT2D eigenvalue weighted by molar-refractivity contribution is 0.0661. The smallest absolute Gasteiger partial charge is 0.00160 e. The molecule has 11 heavy (non-hydrogen) atoms. The van der Waals surface area contributed by atoms with Crippen LogP contribution in [-0.4, -0.2) is 6.04 Å². The van der Waals surface area contributed by atoms with Crippen molar-refractivity contribution < 1.29 is 0 Å². The van der Waals surface area contributed by atoms with Gasteiger partial charge in [0, 0.05) is 6.04 Å². The van der Waals surface area contributed by atoms with Gasteiger partial charge in [-0.25, -0.2) is 0 Å². The molecule has 3 atom stereocenters. The fourth-order valence-electron chi connectivity index (χ4n) is 2.72. The van der Waals surface area contributed by atoms with E-state index in [0.717, 1.165) is 5.92 Å². The molecule has 0 aromatic heterocycles. The van der Waals surface area contributed by atoms with Crippen molar-refractivity contribution in [3.63, 3.8) is 0 Å². The molecule has 0 aromatic carbocycles. The lowest BCUT2D eigenvalue weighted by Crippen LogP contribution is -2.40. The second-order valence-electron chi connectivity index (χ2n) is 4.32. The van der Waals surface area contributed by atoms with Gasteiger partial charge in [0.2, 0.25) is 0 Å². The molecule has 2 N–H and O–H groups in total. The molecule has 2 aliphatic carbocycles. The molecule has 1 nitrogen and oxygen atoms in total. The van der Waals surface area contributed by atoms with Crippen molar-refractivity contribution in [1.29, 1.82) is 0 Å². The maximum atomic E-state index is 5.83. The molecule has 0 bridgehead atoms. The first-order valence-electron chi connectivity index (χ1n) is 4.65. The lowest BCUT2D eigenvalue weighted by Gasteiger charge is -2.46. The van der Waals surface area contributed by atoms with E-state index in [4.69, 9.17) is 5.73 Å². The van der Waals surface area contributed by atoms with Gasteiger partial charge in [0.05, 0.1) is 0 Å². The van der Waals surface area contributed by atoms with Gasteiger partial charge < -0.3 is 5.73 Å². The molecule has 62 valence electrons. The van der Waals surface area contributed by atoms with Gasteiger partial charge in [0.15, 0.2) is 0 Å². The van der Waals surface area contributed by atoms with E-state index >= 15 is 0 Å². The summed E-state index contributed by atoms with van der Waals surface area (Å²) in [6.07, 6.45) is 10.1. The first kappa shape index (κ1) is 7.35. The highest BCUT2D eigenvalue weighted by molar-refractivity contribution is 5.15. The Labute approximate surface area is 68.7 Å². The second-order valence-corrected chi connectivity index (χ2v) is 4.32. The highest BCUT2D eigenvalue weighted by Crippen LogP contribution is 2.56. The van der Waals surface area contributed by atoms with Crippen LogP contribution < -0.4 is 5.73 Å². The highest BCUT2D eigenvalue weighted by atomic mass is 14.6. The maximum absolute atomic E-state index is 5.83. The second kappa shape index (κ2) is 2.34. The third-order valence-corrected chi connectivity index (χ3v) is 3.36. The normalized spacial score (nSPS) is 43.3. The largest absolute Gasteiger partial charge is 0.328 e. The van der Waals surface area contributed by atoms with Crippen LogP contribution in [0.25, 0.3) is 0 Å². The van der Waals surface area contributed by atoms with E-state index in [9.17, 15) is 0 Å². The van der Waals surface area contributed by atoms with Crippen LogP contribution in [0.2, 0.25) is 0 Å². The van der Waals surface area contributed by atoms with Crippen LogP contribution >= 0.6 is 0 Å². The summed E-state index contributed by atoms with van der Waals surface area (Å²) >= 11 is 0. The predicted octanol–water partition coefficient (Wildman–Crippen LogP) is 2.08. The SMILES string of the molecule is CC(N)CC12CC=CC1CC2. The number of allylic oxidation sites excluding steroid dienone is 2. The topological polar surface area (TPSA) is 26.0 Å². The monoisotopic (exact) mass is 151 g/mol. The minimum atomic E-state index is 0.387. The Hall–Kier alpha value is -0.300. The Morgan fingerprint density at radius 2 is 2.55 bits per heavy atom. The van der Waals surface area contributed by atoms with E-state index in [1.165, 1.54) is 25.7 Å². The van der Waals surface area contributed by atoms with E-state index < -0.39 is 0 Å². The summed E-state index contributed by atoms with van der Waals surface area (Å²) in [5.41, 5.74) is 6.44. The molecule has 0 aromatic rings. The van der Waals surface area contributed by atoms with E-state index in [2.05, 4.69) is 19.1 Å². The van der Waals surface area contributed by atoms with Crippen molar-refractivity contribution >= 4 is 0 Å². The van der Waals surface area contributed by atoms with Gasteiger partial charge in [0.1, 0.15) is 0 Å². The molecule has 0 heterocycles. The van der Waals surface area contributed by atoms with Crippen LogP contribution in [0.15, 0.2) is 12.2 Å². The molecule has 2 rings (SSSR count). The number of fused-ring (bicyclic) bond motifs is 1. The van der Waals surface area contributed by atoms with Crippen LogP contribution in [0.1, 0.15) is 32.6 Å². The van der Waals surface area contributed by atoms with E-state index in [-0.39, 0.29) is 0 Å². The average molecular weight is 151 g/mol. The Balaban J connectivity index is 2.01. The summed E-state index contributed by atoms with van der Waals surface area (Å²) in [4.78, 5) is 0. The van der Waals surface area contributed by atoms with Crippen molar-refractivity contribution in [2.45, 2.75) is 38.6 Å². The molecule has 2 aliphatic rings. The fraction of sp³-hybridized carbons (Fsp3) is 0.800. The molecule has 1 heteroatoms. The average Bonchev–Trinajstić information content (AvgIpc) is 2.13. The Morgan fingerprint density at radius 1 is 1.73 bits per heavy atom. The van der Waals surface area contributed by atoms with Gasteiger partial charge in [-0.05, 0) is 43.9 Å². The highest BCUT2D eigenvalue weighted by Gasteiger charge is 2.46. The predicted molar refractivity (Wildman–Crippen MR) is 47.2 cm³/mol. The zero-order valence-electron chi connectivity index (χ0n) is 7.22. The van der Waals surface area contributed by atoms with Crippen molar-refractivity contribution in [3.8, 4) is 0 Å². The Kier molecular flexibility index (Phi) is 1.57. The summed E-state index contributed by atoms with van der Waals surface area (Å²) in [5, 5.41) is 0. The summed E-state index contributed by atoms with van der Waals surface area (Å²) < 4.78 is 0. The molecule has 0 saturated heterocycles. The standard InChI is InChI=1S/C10H17N/c1-8(11)7-10-5-2-3-9(10)4-6-10/h2-3,8-9H,4-7,11H2,1H3. The van der Waals surface area contributed by atoms with Gasteiger partial charge in [0.25, 0.3) is 0 Å². The van der Waals surface area contributed by atoms with Gasteiger partial charge in [-0.2, -0.15) is 0 Å².